The van der Waals surface area contributed by atoms with Crippen molar-refractivity contribution in [2.24, 2.45) is 10.2 Å². The zero-order chi connectivity index (χ0) is 14.4. The van der Waals surface area contributed by atoms with Crippen LogP contribution in [0.2, 0.25) is 0 Å². The number of aromatic amines is 1. The standard InChI is InChI=1S/C14H8N6S/c15-5-9-12(18-14(21)20-7-17-19-13(9)20)10-6-16-11-4-2-1-3-8(10)11/h1-4,6,16H,7H2. The normalized spacial score (nSPS) is 12.5. The summed E-state index contributed by atoms with van der Waals surface area (Å²) in [6, 6.07) is 10.0. The number of nitriles is 1. The summed E-state index contributed by atoms with van der Waals surface area (Å²) in [4.78, 5) is 7.60. The van der Waals surface area contributed by atoms with Crippen molar-refractivity contribution in [1.29, 1.82) is 5.26 Å². The molecule has 0 saturated carbocycles. The largest absolute Gasteiger partial charge is 0.360 e. The number of nitrogens with one attached hydrogen (secondary N) is 1. The van der Waals surface area contributed by atoms with Crippen LogP contribution in [0.4, 0.5) is 5.82 Å². The molecule has 1 aliphatic rings. The van der Waals surface area contributed by atoms with E-state index in [0.29, 0.717) is 28.5 Å². The lowest BCUT2D eigenvalue weighted by molar-refractivity contribution is 0.740. The number of para-hydroxylation sites is 1. The van der Waals surface area contributed by atoms with E-state index in [2.05, 4.69) is 26.3 Å². The van der Waals surface area contributed by atoms with Crippen molar-refractivity contribution in [1.82, 2.24) is 14.5 Å². The van der Waals surface area contributed by atoms with Crippen LogP contribution in [-0.2, 0) is 6.67 Å². The van der Waals surface area contributed by atoms with E-state index < -0.39 is 0 Å². The lowest BCUT2D eigenvalue weighted by atomic mass is 10.1. The minimum absolute atomic E-state index is 0.323. The highest BCUT2D eigenvalue weighted by molar-refractivity contribution is 7.71. The van der Waals surface area contributed by atoms with E-state index in [9.17, 15) is 5.26 Å². The smallest absolute Gasteiger partial charge is 0.203 e. The van der Waals surface area contributed by atoms with Crippen LogP contribution in [-0.4, -0.2) is 14.5 Å². The highest BCUT2D eigenvalue weighted by atomic mass is 32.1. The Bertz CT molecular complexity index is 1000. The molecule has 0 atom stereocenters. The van der Waals surface area contributed by atoms with Gasteiger partial charge in [0, 0.05) is 22.7 Å². The number of benzene rings is 1. The minimum Gasteiger partial charge on any atom is -0.360 e. The molecule has 6 nitrogen and oxygen atoms in total. The maximum Gasteiger partial charge on any atom is 0.203 e. The lowest BCUT2D eigenvalue weighted by Gasteiger charge is -2.07. The molecule has 0 unspecified atom stereocenters. The molecule has 0 bridgehead atoms. The van der Waals surface area contributed by atoms with Crippen LogP contribution < -0.4 is 0 Å². The van der Waals surface area contributed by atoms with E-state index in [1.807, 2.05) is 30.5 Å². The Kier molecular flexibility index (Phi) is 2.46. The third-order valence-electron chi connectivity index (χ3n) is 3.48. The summed E-state index contributed by atoms with van der Waals surface area (Å²) in [6.07, 6.45) is 1.84. The fraction of sp³-hybridized carbons (Fsp3) is 0.0714. The van der Waals surface area contributed by atoms with E-state index in [1.54, 1.807) is 4.57 Å². The molecule has 4 rings (SSSR count). The van der Waals surface area contributed by atoms with E-state index in [0.717, 1.165) is 16.5 Å². The van der Waals surface area contributed by atoms with Gasteiger partial charge < -0.3 is 4.98 Å². The third-order valence-corrected chi connectivity index (χ3v) is 3.79. The zero-order valence-corrected chi connectivity index (χ0v) is 11.6. The van der Waals surface area contributed by atoms with Crippen LogP contribution in [0.1, 0.15) is 5.56 Å². The van der Waals surface area contributed by atoms with Gasteiger partial charge in [-0.25, -0.2) is 4.98 Å². The van der Waals surface area contributed by atoms with Crippen LogP contribution in [0.5, 0.6) is 0 Å². The Hall–Kier alpha value is -2.85. The SMILES string of the molecule is N#Cc1c(-c2c[nH]c3ccccc23)nc(=S)n2c1N=NC2. The maximum atomic E-state index is 9.50. The van der Waals surface area contributed by atoms with Crippen LogP contribution in [0.15, 0.2) is 40.7 Å². The first kappa shape index (κ1) is 11.9. The molecule has 0 spiro atoms. The number of H-pyrrole nitrogens is 1. The van der Waals surface area contributed by atoms with Gasteiger partial charge in [0.05, 0.1) is 5.69 Å². The monoisotopic (exact) mass is 292 g/mol. The third kappa shape index (κ3) is 1.63. The van der Waals surface area contributed by atoms with Crippen LogP contribution in [0, 0.1) is 16.1 Å². The van der Waals surface area contributed by atoms with E-state index >= 15 is 0 Å². The second kappa shape index (κ2) is 4.33. The summed E-state index contributed by atoms with van der Waals surface area (Å²) in [5.41, 5.74) is 2.78. The van der Waals surface area contributed by atoms with Gasteiger partial charge >= 0.3 is 0 Å². The van der Waals surface area contributed by atoms with E-state index in [4.69, 9.17) is 12.2 Å². The Morgan fingerprint density at radius 3 is 3.05 bits per heavy atom. The fourth-order valence-electron chi connectivity index (χ4n) is 2.50. The molecule has 0 radical (unpaired) electrons. The van der Waals surface area contributed by atoms with Crippen molar-refractivity contribution in [3.05, 3.63) is 40.8 Å². The minimum atomic E-state index is 0.323. The van der Waals surface area contributed by atoms with E-state index in [-0.39, 0.29) is 0 Å². The van der Waals surface area contributed by atoms with Crippen molar-refractivity contribution in [2.75, 3.05) is 0 Å². The van der Waals surface area contributed by atoms with Gasteiger partial charge in [0.15, 0.2) is 5.82 Å². The molecular formula is C14H8N6S. The molecule has 100 valence electrons. The van der Waals surface area contributed by atoms with Gasteiger partial charge in [-0.15, -0.1) is 5.11 Å². The highest BCUT2D eigenvalue weighted by Gasteiger charge is 2.21. The number of hydrogen-bond donors (Lipinski definition) is 1. The summed E-state index contributed by atoms with van der Waals surface area (Å²) in [5.74, 6) is 0.484. The van der Waals surface area contributed by atoms with Gasteiger partial charge in [0.1, 0.15) is 18.3 Å². The number of nitrogens with zero attached hydrogens (tertiary/aromatic N) is 5. The molecular weight excluding hydrogens is 284 g/mol. The molecule has 1 aromatic carbocycles. The Morgan fingerprint density at radius 2 is 2.19 bits per heavy atom. The summed E-state index contributed by atoms with van der Waals surface area (Å²) in [6.45, 7) is 0.323. The molecule has 0 fully saturated rings. The summed E-state index contributed by atoms with van der Waals surface area (Å²) in [5, 5.41) is 18.4. The van der Waals surface area contributed by atoms with Gasteiger partial charge in [-0.3, -0.25) is 4.57 Å². The van der Waals surface area contributed by atoms with Crippen molar-refractivity contribution in [2.45, 2.75) is 6.67 Å². The highest BCUT2D eigenvalue weighted by Crippen LogP contribution is 2.35. The maximum absolute atomic E-state index is 9.50. The molecule has 0 saturated heterocycles. The number of aromatic nitrogens is 3. The number of fused-ring (bicyclic) bond motifs is 2. The van der Waals surface area contributed by atoms with Crippen molar-refractivity contribution >= 4 is 28.9 Å². The summed E-state index contributed by atoms with van der Waals surface area (Å²) >= 11 is 5.28. The van der Waals surface area contributed by atoms with Gasteiger partial charge in [-0.05, 0) is 18.3 Å². The van der Waals surface area contributed by atoms with Crippen molar-refractivity contribution in [3.63, 3.8) is 0 Å². The first-order valence-electron chi connectivity index (χ1n) is 6.28. The number of rotatable bonds is 1. The van der Waals surface area contributed by atoms with Crippen LogP contribution in [0.3, 0.4) is 0 Å². The van der Waals surface area contributed by atoms with Crippen LogP contribution >= 0.6 is 12.2 Å². The fourth-order valence-corrected chi connectivity index (χ4v) is 2.74. The Labute approximate surface area is 124 Å². The van der Waals surface area contributed by atoms with Crippen molar-refractivity contribution < 1.29 is 0 Å². The summed E-state index contributed by atoms with van der Waals surface area (Å²) < 4.78 is 2.04. The molecule has 1 N–H and O–H groups in total. The van der Waals surface area contributed by atoms with Gasteiger partial charge in [-0.1, -0.05) is 18.2 Å². The van der Waals surface area contributed by atoms with E-state index in [1.165, 1.54) is 0 Å². The molecule has 2 aromatic heterocycles. The second-order valence-corrected chi connectivity index (χ2v) is 4.98. The first-order valence-corrected chi connectivity index (χ1v) is 6.69. The first-order chi connectivity index (χ1) is 10.3. The quantitative estimate of drug-likeness (QED) is 0.694. The van der Waals surface area contributed by atoms with Gasteiger partial charge in [-0.2, -0.15) is 10.4 Å². The average Bonchev–Trinajstić information content (AvgIpc) is 3.14. The molecule has 0 amide bonds. The van der Waals surface area contributed by atoms with Gasteiger partial charge in [0.25, 0.3) is 0 Å². The zero-order valence-electron chi connectivity index (χ0n) is 10.7. The van der Waals surface area contributed by atoms with Crippen molar-refractivity contribution in [3.8, 4) is 17.3 Å². The second-order valence-electron chi connectivity index (χ2n) is 4.61. The van der Waals surface area contributed by atoms with Gasteiger partial charge in [0.2, 0.25) is 4.77 Å². The molecule has 3 aromatic rings. The predicted octanol–water partition coefficient (Wildman–Crippen LogP) is 3.69. The topological polar surface area (TPSA) is 82.1 Å². The predicted molar refractivity (Wildman–Crippen MR) is 79.6 cm³/mol. The molecule has 7 heteroatoms. The molecule has 1 aliphatic heterocycles. The molecule has 21 heavy (non-hydrogen) atoms. The number of hydrogen-bond acceptors (Lipinski definition) is 5. The molecule has 3 heterocycles. The average molecular weight is 292 g/mol. The lowest BCUT2D eigenvalue weighted by Crippen LogP contribution is -2.02. The van der Waals surface area contributed by atoms with Crippen LogP contribution in [0.25, 0.3) is 22.2 Å². The number of azo groups is 1. The molecule has 0 aliphatic carbocycles. The summed E-state index contributed by atoms with van der Waals surface area (Å²) in [7, 11) is 0. The Balaban J connectivity index is 2.10. The Morgan fingerprint density at radius 1 is 1.33 bits per heavy atom.